The second kappa shape index (κ2) is 5.44. The maximum Gasteiger partial charge on any atom is -0.00110 e. The molecule has 84 valence electrons. The molecule has 14 heavy (non-hydrogen) atoms. The Labute approximate surface area is 94.2 Å². The molecule has 0 N–H and O–H groups in total. The van der Waals surface area contributed by atoms with Crippen molar-refractivity contribution in [3.05, 3.63) is 0 Å². The van der Waals surface area contributed by atoms with E-state index in [1.807, 2.05) is 0 Å². The second-order valence-corrected chi connectivity index (χ2v) is 6.08. The summed E-state index contributed by atoms with van der Waals surface area (Å²) in [6.07, 6.45) is 5.55. The molecule has 1 heteroatoms. The molecule has 0 saturated heterocycles. The van der Waals surface area contributed by atoms with Crippen molar-refractivity contribution >= 4 is 11.8 Å². The number of hydrogen-bond donors (Lipinski definition) is 0. The van der Waals surface area contributed by atoms with Crippen LogP contribution >= 0.6 is 11.8 Å². The van der Waals surface area contributed by atoms with Crippen LogP contribution in [0.4, 0.5) is 0 Å². The first kappa shape index (κ1) is 12.4. The highest BCUT2D eigenvalue weighted by molar-refractivity contribution is 7.99. The number of hydrogen-bond acceptors (Lipinski definition) is 1. The second-order valence-electron chi connectivity index (χ2n) is 5.05. The highest BCUT2D eigenvalue weighted by atomic mass is 32.2. The fourth-order valence-electron chi connectivity index (χ4n) is 2.11. The Balaban J connectivity index is 2.19. The third kappa shape index (κ3) is 3.18. The summed E-state index contributed by atoms with van der Waals surface area (Å²) in [5.74, 6) is 4.90. The first-order chi connectivity index (χ1) is 6.67. The lowest BCUT2D eigenvalue weighted by Gasteiger charge is -2.30. The van der Waals surface area contributed by atoms with E-state index in [4.69, 9.17) is 0 Å². The van der Waals surface area contributed by atoms with Crippen LogP contribution < -0.4 is 0 Å². The van der Waals surface area contributed by atoms with Crippen molar-refractivity contribution in [1.29, 1.82) is 0 Å². The molecule has 0 radical (unpaired) electrons. The van der Waals surface area contributed by atoms with Gasteiger partial charge in [0, 0.05) is 0 Å². The van der Waals surface area contributed by atoms with E-state index in [0.29, 0.717) is 5.41 Å². The predicted octanol–water partition coefficient (Wildman–Crippen LogP) is 4.59. The molecule has 0 bridgehead atoms. The average Bonchev–Trinajstić information content (AvgIpc) is 2.90. The predicted molar refractivity (Wildman–Crippen MR) is 67.9 cm³/mol. The smallest absolute Gasteiger partial charge is 0.00110 e. The van der Waals surface area contributed by atoms with Crippen molar-refractivity contribution in [2.45, 2.75) is 53.4 Å². The Morgan fingerprint density at radius 1 is 1.14 bits per heavy atom. The summed E-state index contributed by atoms with van der Waals surface area (Å²) in [6.45, 7) is 9.45. The van der Waals surface area contributed by atoms with Crippen LogP contribution in [0.15, 0.2) is 0 Å². The minimum Gasteiger partial charge on any atom is -0.161 e. The first-order valence-corrected chi connectivity index (χ1v) is 7.40. The zero-order chi connectivity index (χ0) is 10.6. The Morgan fingerprint density at radius 3 is 2.00 bits per heavy atom. The molecule has 0 aromatic rings. The van der Waals surface area contributed by atoms with Crippen molar-refractivity contribution in [1.82, 2.24) is 0 Å². The minimum atomic E-state index is 0.642. The van der Waals surface area contributed by atoms with Gasteiger partial charge in [-0.25, -0.2) is 0 Å². The fraction of sp³-hybridized carbons (Fsp3) is 1.00. The van der Waals surface area contributed by atoms with E-state index < -0.39 is 0 Å². The van der Waals surface area contributed by atoms with Crippen molar-refractivity contribution in [3.63, 3.8) is 0 Å². The van der Waals surface area contributed by atoms with Gasteiger partial charge in [0.15, 0.2) is 0 Å². The maximum absolute atomic E-state index is 2.39. The summed E-state index contributed by atoms with van der Waals surface area (Å²) in [5, 5.41) is 0. The van der Waals surface area contributed by atoms with Crippen LogP contribution in [0.1, 0.15) is 53.4 Å². The van der Waals surface area contributed by atoms with Gasteiger partial charge in [0.05, 0.1) is 0 Å². The Kier molecular flexibility index (Phi) is 4.82. The van der Waals surface area contributed by atoms with Crippen LogP contribution in [0.3, 0.4) is 0 Å². The van der Waals surface area contributed by atoms with E-state index in [9.17, 15) is 0 Å². The van der Waals surface area contributed by atoms with Gasteiger partial charge in [-0.1, -0.05) is 27.7 Å². The number of rotatable bonds is 7. The lowest BCUT2D eigenvalue weighted by molar-refractivity contribution is 0.294. The highest BCUT2D eigenvalue weighted by Gasteiger charge is 2.33. The Hall–Kier alpha value is 0.350. The van der Waals surface area contributed by atoms with Crippen LogP contribution in [0.2, 0.25) is 0 Å². The summed E-state index contributed by atoms with van der Waals surface area (Å²) >= 11 is 2.21. The molecule has 0 spiro atoms. The van der Waals surface area contributed by atoms with Gasteiger partial charge in [-0.3, -0.25) is 0 Å². The van der Waals surface area contributed by atoms with Crippen LogP contribution in [-0.2, 0) is 0 Å². The van der Waals surface area contributed by atoms with E-state index in [0.717, 1.165) is 11.8 Å². The van der Waals surface area contributed by atoms with E-state index >= 15 is 0 Å². The van der Waals surface area contributed by atoms with Gasteiger partial charge in [-0.15, -0.1) is 0 Å². The summed E-state index contributed by atoms with van der Waals surface area (Å²) in [6, 6.07) is 0. The van der Waals surface area contributed by atoms with E-state index in [2.05, 4.69) is 39.5 Å². The molecule has 1 aliphatic carbocycles. The molecule has 1 fully saturated rings. The van der Waals surface area contributed by atoms with E-state index in [1.54, 1.807) is 0 Å². The molecule has 0 aromatic heterocycles. The molecular formula is C13H26S. The van der Waals surface area contributed by atoms with E-state index in [1.165, 1.54) is 37.2 Å². The largest absolute Gasteiger partial charge is 0.161 e. The Morgan fingerprint density at radius 2 is 1.64 bits per heavy atom. The zero-order valence-corrected chi connectivity index (χ0v) is 11.1. The van der Waals surface area contributed by atoms with Gasteiger partial charge >= 0.3 is 0 Å². The summed E-state index contributed by atoms with van der Waals surface area (Å²) < 4.78 is 0. The van der Waals surface area contributed by atoms with Gasteiger partial charge < -0.3 is 0 Å². The van der Waals surface area contributed by atoms with Crippen LogP contribution in [0.5, 0.6) is 0 Å². The molecule has 0 heterocycles. The van der Waals surface area contributed by atoms with Crippen LogP contribution in [-0.4, -0.2) is 11.5 Å². The SMILES string of the molecule is CCC(CC)(CC)CSCC1CC1C. The molecule has 0 aliphatic heterocycles. The minimum absolute atomic E-state index is 0.642. The molecule has 1 aliphatic rings. The average molecular weight is 214 g/mol. The van der Waals surface area contributed by atoms with Crippen LogP contribution in [0.25, 0.3) is 0 Å². The molecular weight excluding hydrogens is 188 g/mol. The quantitative estimate of drug-likeness (QED) is 0.597. The van der Waals surface area contributed by atoms with Gasteiger partial charge in [0.1, 0.15) is 0 Å². The lowest BCUT2D eigenvalue weighted by Crippen LogP contribution is -2.21. The molecule has 2 unspecified atom stereocenters. The van der Waals surface area contributed by atoms with E-state index in [-0.39, 0.29) is 0 Å². The first-order valence-electron chi connectivity index (χ1n) is 6.25. The summed E-state index contributed by atoms with van der Waals surface area (Å²) in [4.78, 5) is 0. The van der Waals surface area contributed by atoms with Crippen LogP contribution in [0, 0.1) is 17.3 Å². The topological polar surface area (TPSA) is 0 Å². The third-order valence-electron chi connectivity index (χ3n) is 4.27. The molecule has 0 nitrogen and oxygen atoms in total. The lowest BCUT2D eigenvalue weighted by atomic mass is 9.82. The highest BCUT2D eigenvalue weighted by Crippen LogP contribution is 2.42. The van der Waals surface area contributed by atoms with Gasteiger partial charge in [0.2, 0.25) is 0 Å². The molecule has 1 saturated carbocycles. The summed E-state index contributed by atoms with van der Waals surface area (Å²) in [5.41, 5.74) is 0.642. The zero-order valence-electron chi connectivity index (χ0n) is 10.3. The van der Waals surface area contributed by atoms with Crippen molar-refractivity contribution in [3.8, 4) is 0 Å². The van der Waals surface area contributed by atoms with Crippen molar-refractivity contribution in [2.75, 3.05) is 11.5 Å². The van der Waals surface area contributed by atoms with Gasteiger partial charge in [0.25, 0.3) is 0 Å². The molecule has 0 aromatic carbocycles. The Bertz CT molecular complexity index is 152. The molecule has 0 amide bonds. The monoisotopic (exact) mass is 214 g/mol. The normalized spacial score (nSPS) is 26.6. The number of thioether (sulfide) groups is 1. The van der Waals surface area contributed by atoms with Crippen molar-refractivity contribution in [2.24, 2.45) is 17.3 Å². The van der Waals surface area contributed by atoms with Crippen molar-refractivity contribution < 1.29 is 0 Å². The standard InChI is InChI=1S/C13H26S/c1-5-13(6-2,7-3)10-14-9-12-8-11(12)4/h11-12H,5-10H2,1-4H3. The fourth-order valence-corrected chi connectivity index (χ4v) is 4.04. The maximum atomic E-state index is 2.39. The molecule has 2 atom stereocenters. The third-order valence-corrected chi connectivity index (χ3v) is 5.75. The summed E-state index contributed by atoms with van der Waals surface area (Å²) in [7, 11) is 0. The van der Waals surface area contributed by atoms with Gasteiger partial charge in [-0.2, -0.15) is 11.8 Å². The van der Waals surface area contributed by atoms with Gasteiger partial charge in [-0.05, 0) is 54.4 Å². The molecule has 1 rings (SSSR count).